The number of alkyl halides is 2. The first-order valence-electron chi connectivity index (χ1n) is 8.80. The number of carboxylic acid groups (broad SMARTS) is 1. The van der Waals surface area contributed by atoms with Gasteiger partial charge in [0.25, 0.3) is 12.0 Å². The van der Waals surface area contributed by atoms with Crippen LogP contribution in [0, 0.1) is 5.92 Å². The van der Waals surface area contributed by atoms with Gasteiger partial charge < -0.3 is 10.4 Å². The number of nitrogens with zero attached hydrogens (tertiary/aromatic N) is 3. The van der Waals surface area contributed by atoms with Crippen LogP contribution in [0.5, 0.6) is 0 Å². The number of halogens is 2. The molecule has 1 fully saturated rings. The van der Waals surface area contributed by atoms with Gasteiger partial charge in [0.2, 0.25) is 0 Å². The molecule has 1 amide bonds. The molecule has 0 bridgehead atoms. The van der Waals surface area contributed by atoms with E-state index in [-0.39, 0.29) is 28.5 Å². The average Bonchev–Trinajstić information content (AvgIpc) is 3.12. The molecule has 1 saturated carbocycles. The Morgan fingerprint density at radius 2 is 2.11 bits per heavy atom. The predicted molar refractivity (Wildman–Crippen MR) is 95.7 cm³/mol. The van der Waals surface area contributed by atoms with Gasteiger partial charge >= 0.3 is 6.09 Å². The highest BCUT2D eigenvalue weighted by atomic mass is 19.3. The van der Waals surface area contributed by atoms with Crippen molar-refractivity contribution in [2.24, 2.45) is 5.92 Å². The smallest absolute Gasteiger partial charge is 0.405 e. The first-order valence-corrected chi connectivity index (χ1v) is 8.80. The minimum Gasteiger partial charge on any atom is -0.465 e. The Morgan fingerprint density at radius 1 is 1.32 bits per heavy atom. The summed E-state index contributed by atoms with van der Waals surface area (Å²) < 4.78 is 28.1. The fraction of sp³-hybridized carbons (Fsp3) is 0.333. The van der Waals surface area contributed by atoms with Crippen LogP contribution in [0.2, 0.25) is 0 Å². The van der Waals surface area contributed by atoms with E-state index in [0.717, 1.165) is 23.8 Å². The Morgan fingerprint density at radius 3 is 2.68 bits per heavy atom. The molecule has 0 saturated heterocycles. The summed E-state index contributed by atoms with van der Waals surface area (Å²) in [6, 6.07) is 4.81. The lowest BCUT2D eigenvalue weighted by molar-refractivity contribution is 0.153. The summed E-state index contributed by atoms with van der Waals surface area (Å²) in [6.45, 7) is 0. The van der Waals surface area contributed by atoms with E-state index >= 15 is 0 Å². The van der Waals surface area contributed by atoms with E-state index in [9.17, 15) is 23.5 Å². The Hall–Kier alpha value is -3.30. The van der Waals surface area contributed by atoms with Crippen LogP contribution in [-0.2, 0) is 0 Å². The van der Waals surface area contributed by atoms with Crippen LogP contribution in [0.15, 0.2) is 35.3 Å². The van der Waals surface area contributed by atoms with Gasteiger partial charge in [0.1, 0.15) is 5.82 Å². The third-order valence-electron chi connectivity index (χ3n) is 5.08. The molecule has 0 radical (unpaired) electrons. The monoisotopic (exact) mass is 389 g/mol. The predicted octanol–water partition coefficient (Wildman–Crippen LogP) is 3.16. The molecule has 0 aliphatic heterocycles. The number of hydrogen-bond acceptors (Lipinski definition) is 4. The maximum atomic E-state index is 13.5. The summed E-state index contributed by atoms with van der Waals surface area (Å²) in [4.78, 5) is 29.1. The molecule has 0 spiro atoms. The minimum absolute atomic E-state index is 0.0380. The van der Waals surface area contributed by atoms with Gasteiger partial charge in [0, 0.05) is 17.8 Å². The van der Waals surface area contributed by atoms with Crippen LogP contribution in [0.4, 0.5) is 13.6 Å². The minimum atomic E-state index is -2.85. The van der Waals surface area contributed by atoms with Crippen molar-refractivity contribution in [2.45, 2.75) is 31.7 Å². The standard InChI is InChI=1S/C18H17F2N5O3/c19-15(20)10-5-2-6-11-13(10)17(26)25(12-7-8-21-24-12)16(22-11)14(23-18(27)28)9-3-1-4-9/h2,5-9,14-15,23H,1,3-4H2,(H,21,24)(H,27,28). The molecule has 8 nitrogen and oxygen atoms in total. The summed E-state index contributed by atoms with van der Waals surface area (Å²) in [5.74, 6) is 0.266. The number of hydrogen-bond donors (Lipinski definition) is 3. The van der Waals surface area contributed by atoms with E-state index in [0.29, 0.717) is 0 Å². The normalized spacial score (nSPS) is 15.5. The summed E-state index contributed by atoms with van der Waals surface area (Å²) in [7, 11) is 0. The zero-order valence-electron chi connectivity index (χ0n) is 14.6. The van der Waals surface area contributed by atoms with Gasteiger partial charge in [0.15, 0.2) is 5.82 Å². The Balaban J connectivity index is 2.03. The van der Waals surface area contributed by atoms with Gasteiger partial charge in [-0.15, -0.1) is 0 Å². The molecule has 2 aromatic heterocycles. The van der Waals surface area contributed by atoms with Gasteiger partial charge in [-0.3, -0.25) is 9.89 Å². The van der Waals surface area contributed by atoms with Crippen molar-refractivity contribution in [1.29, 1.82) is 0 Å². The van der Waals surface area contributed by atoms with Crippen molar-refractivity contribution >= 4 is 17.0 Å². The van der Waals surface area contributed by atoms with Gasteiger partial charge in [-0.2, -0.15) is 5.10 Å². The number of carbonyl (C=O) groups is 1. The summed E-state index contributed by atoms with van der Waals surface area (Å²) in [5, 5.41) is 18.1. The molecule has 1 unspecified atom stereocenters. The largest absolute Gasteiger partial charge is 0.465 e. The lowest BCUT2D eigenvalue weighted by atomic mass is 9.79. The summed E-state index contributed by atoms with van der Waals surface area (Å²) in [5.41, 5.74) is -1.03. The van der Waals surface area contributed by atoms with Crippen LogP contribution in [-0.4, -0.2) is 30.9 Å². The molecule has 3 aromatic rings. The number of aromatic nitrogens is 4. The van der Waals surface area contributed by atoms with Crippen LogP contribution >= 0.6 is 0 Å². The third kappa shape index (κ3) is 3.00. The molecule has 28 heavy (non-hydrogen) atoms. The average molecular weight is 389 g/mol. The Bertz CT molecular complexity index is 1080. The highest BCUT2D eigenvalue weighted by Crippen LogP contribution is 2.38. The molecule has 4 rings (SSSR count). The van der Waals surface area contributed by atoms with Crippen LogP contribution in [0.1, 0.15) is 43.1 Å². The van der Waals surface area contributed by atoms with Crippen LogP contribution in [0.3, 0.4) is 0 Å². The summed E-state index contributed by atoms with van der Waals surface area (Å²) >= 11 is 0. The highest BCUT2D eigenvalue weighted by molar-refractivity contribution is 5.82. The van der Waals surface area contributed by atoms with E-state index in [4.69, 9.17) is 0 Å². The second-order valence-electron chi connectivity index (χ2n) is 6.70. The molecule has 1 aliphatic carbocycles. The van der Waals surface area contributed by atoms with Crippen LogP contribution < -0.4 is 10.9 Å². The fourth-order valence-corrected chi connectivity index (χ4v) is 3.56. The van der Waals surface area contributed by atoms with Crippen molar-refractivity contribution < 1.29 is 18.7 Å². The zero-order valence-corrected chi connectivity index (χ0v) is 14.6. The van der Waals surface area contributed by atoms with Crippen LogP contribution in [0.25, 0.3) is 16.7 Å². The van der Waals surface area contributed by atoms with E-state index in [1.54, 1.807) is 0 Å². The molecule has 1 aromatic carbocycles. The third-order valence-corrected chi connectivity index (χ3v) is 5.08. The molecule has 3 N–H and O–H groups in total. The topological polar surface area (TPSA) is 113 Å². The molecule has 1 aliphatic rings. The van der Waals surface area contributed by atoms with Crippen molar-refractivity contribution in [3.8, 4) is 5.82 Å². The van der Waals surface area contributed by atoms with Crippen molar-refractivity contribution in [1.82, 2.24) is 25.1 Å². The zero-order chi connectivity index (χ0) is 19.8. The number of aromatic amines is 1. The van der Waals surface area contributed by atoms with Gasteiger partial charge in [-0.05, 0) is 24.8 Å². The van der Waals surface area contributed by atoms with Crippen molar-refractivity contribution in [3.05, 3.63) is 52.2 Å². The second-order valence-corrected chi connectivity index (χ2v) is 6.70. The highest BCUT2D eigenvalue weighted by Gasteiger charge is 2.34. The lowest BCUT2D eigenvalue weighted by Gasteiger charge is -2.34. The number of rotatable bonds is 5. The molecular weight excluding hydrogens is 372 g/mol. The number of benzene rings is 1. The molecule has 10 heteroatoms. The number of fused-ring (bicyclic) bond motifs is 1. The molecule has 1 atom stereocenters. The number of H-pyrrole nitrogens is 1. The molecule has 2 heterocycles. The number of nitrogens with one attached hydrogen (secondary N) is 2. The van der Waals surface area contributed by atoms with E-state index in [1.807, 2.05) is 0 Å². The van der Waals surface area contributed by atoms with Gasteiger partial charge in [0.05, 0.1) is 16.9 Å². The van der Waals surface area contributed by atoms with Crippen molar-refractivity contribution in [3.63, 3.8) is 0 Å². The fourth-order valence-electron chi connectivity index (χ4n) is 3.56. The van der Waals surface area contributed by atoms with E-state index in [1.165, 1.54) is 30.5 Å². The SMILES string of the molecule is O=C(O)NC(c1nc2cccc(C(F)F)c2c(=O)n1-c1cc[nH]n1)C1CCC1. The number of amides is 1. The van der Waals surface area contributed by atoms with E-state index < -0.39 is 29.7 Å². The second kappa shape index (κ2) is 7.02. The first-order chi connectivity index (χ1) is 13.5. The van der Waals surface area contributed by atoms with E-state index in [2.05, 4.69) is 20.5 Å². The quantitative estimate of drug-likeness (QED) is 0.620. The van der Waals surface area contributed by atoms with Gasteiger partial charge in [-0.1, -0.05) is 18.6 Å². The molecule has 146 valence electrons. The Kier molecular flexibility index (Phi) is 4.54. The van der Waals surface area contributed by atoms with Crippen molar-refractivity contribution in [2.75, 3.05) is 0 Å². The summed E-state index contributed by atoms with van der Waals surface area (Å²) in [6.07, 6.45) is -0.124. The lowest BCUT2D eigenvalue weighted by Crippen LogP contribution is -2.40. The maximum Gasteiger partial charge on any atom is 0.405 e. The van der Waals surface area contributed by atoms with Gasteiger partial charge in [-0.25, -0.2) is 23.1 Å². The maximum absolute atomic E-state index is 13.5. The first kappa shape index (κ1) is 18.1. The molecular formula is C18H17F2N5O3. The Labute approximate surface area is 157 Å².